The number of hydrogen-bond acceptors (Lipinski definition) is 4. The molecule has 1 N–H and O–H groups in total. The van der Waals surface area contributed by atoms with E-state index in [0.717, 1.165) is 30.0 Å². The fraction of sp³-hybridized carbons (Fsp3) is 0.565. The molecule has 3 rings (SSSR count). The zero-order valence-corrected chi connectivity index (χ0v) is 18.0. The van der Waals surface area contributed by atoms with Gasteiger partial charge in [0, 0.05) is 24.7 Å². The molecule has 1 aliphatic rings. The number of rotatable bonds is 4. The van der Waals surface area contributed by atoms with Crippen LogP contribution in [0.3, 0.4) is 0 Å². The predicted octanol–water partition coefficient (Wildman–Crippen LogP) is 5.25. The fourth-order valence-electron chi connectivity index (χ4n) is 3.67. The van der Waals surface area contributed by atoms with Crippen molar-refractivity contribution in [2.24, 2.45) is 17.3 Å². The van der Waals surface area contributed by atoms with Gasteiger partial charge in [-0.15, -0.1) is 0 Å². The smallest absolute Gasteiger partial charge is 0.307 e. The van der Waals surface area contributed by atoms with Crippen LogP contribution < -0.4 is 0 Å². The second-order valence-electron chi connectivity index (χ2n) is 8.58. The van der Waals surface area contributed by atoms with Crippen molar-refractivity contribution in [2.45, 2.75) is 54.5 Å². The first-order valence-electron chi connectivity index (χ1n) is 10.2. The number of likely N-dealkylation sites (tertiary alicyclic amines) is 1. The molecule has 2 atom stereocenters. The van der Waals surface area contributed by atoms with E-state index >= 15 is 0 Å². The summed E-state index contributed by atoms with van der Waals surface area (Å²) in [6.07, 6.45) is 0.736. The molecule has 1 aliphatic heterocycles. The van der Waals surface area contributed by atoms with E-state index in [4.69, 9.17) is 4.52 Å². The lowest BCUT2D eigenvalue weighted by Crippen LogP contribution is -2.46. The third kappa shape index (κ3) is 5.68. The largest absolute Gasteiger partial charge is 0.481 e. The van der Waals surface area contributed by atoms with Crippen LogP contribution in [0.15, 0.2) is 34.9 Å². The molecular weight excluding hydrogens is 352 g/mol. The van der Waals surface area contributed by atoms with E-state index in [2.05, 4.69) is 49.9 Å². The standard InChI is InChI=1S/C21H28N2O3.C2H6/c1-14-6-5-7-15(8-14)19-10-18(26-22-19)13-23-11-16(20(24)25)9-17(12-23)21(2,3)4;1-2/h5-8,10,16-17H,9,11-13H2,1-4H3,(H,24,25);1-2H3. The molecule has 2 heterocycles. The van der Waals surface area contributed by atoms with Gasteiger partial charge >= 0.3 is 5.97 Å². The van der Waals surface area contributed by atoms with Crippen molar-refractivity contribution in [1.29, 1.82) is 0 Å². The Morgan fingerprint density at radius 3 is 2.57 bits per heavy atom. The second kappa shape index (κ2) is 9.37. The molecule has 0 amide bonds. The molecule has 1 aromatic carbocycles. The van der Waals surface area contributed by atoms with E-state index in [1.54, 1.807) is 0 Å². The minimum absolute atomic E-state index is 0.0838. The first kappa shape index (κ1) is 22.2. The van der Waals surface area contributed by atoms with Gasteiger partial charge in [0.25, 0.3) is 0 Å². The van der Waals surface area contributed by atoms with Gasteiger partial charge in [-0.05, 0) is 30.7 Å². The summed E-state index contributed by atoms with van der Waals surface area (Å²) >= 11 is 0. The summed E-state index contributed by atoms with van der Waals surface area (Å²) in [7, 11) is 0. The molecule has 0 bridgehead atoms. The molecule has 2 aromatic rings. The van der Waals surface area contributed by atoms with E-state index < -0.39 is 5.97 Å². The monoisotopic (exact) mass is 386 g/mol. The molecule has 1 aromatic heterocycles. The van der Waals surface area contributed by atoms with Crippen molar-refractivity contribution in [3.05, 3.63) is 41.7 Å². The topological polar surface area (TPSA) is 66.6 Å². The lowest BCUT2D eigenvalue weighted by molar-refractivity contribution is -0.145. The maximum Gasteiger partial charge on any atom is 0.307 e. The van der Waals surface area contributed by atoms with E-state index in [1.165, 1.54) is 5.56 Å². The lowest BCUT2D eigenvalue weighted by Gasteiger charge is -2.41. The molecule has 2 unspecified atom stereocenters. The normalized spacial score (nSPS) is 20.4. The quantitative estimate of drug-likeness (QED) is 0.778. The highest BCUT2D eigenvalue weighted by molar-refractivity contribution is 5.70. The SMILES string of the molecule is CC.Cc1cccc(-c2cc(CN3CC(C(=O)O)CC(C(C)(C)C)C3)on2)c1. The zero-order chi connectivity index (χ0) is 20.9. The minimum atomic E-state index is -0.707. The second-order valence-corrected chi connectivity index (χ2v) is 8.58. The Labute approximate surface area is 168 Å². The average molecular weight is 387 g/mol. The van der Waals surface area contributed by atoms with E-state index in [-0.39, 0.29) is 11.3 Å². The van der Waals surface area contributed by atoms with Gasteiger partial charge in [0.2, 0.25) is 0 Å². The first-order chi connectivity index (χ1) is 13.2. The van der Waals surface area contributed by atoms with Gasteiger partial charge in [0.1, 0.15) is 5.69 Å². The molecule has 0 radical (unpaired) electrons. The fourth-order valence-corrected chi connectivity index (χ4v) is 3.67. The molecule has 0 saturated carbocycles. The van der Waals surface area contributed by atoms with Crippen molar-refractivity contribution in [2.75, 3.05) is 13.1 Å². The Morgan fingerprint density at radius 2 is 1.96 bits per heavy atom. The number of piperidine rings is 1. The molecule has 1 saturated heterocycles. The lowest BCUT2D eigenvalue weighted by atomic mass is 9.73. The summed E-state index contributed by atoms with van der Waals surface area (Å²) in [5.41, 5.74) is 3.12. The van der Waals surface area contributed by atoms with Crippen LogP contribution in [0.25, 0.3) is 11.3 Å². The number of benzene rings is 1. The molecule has 5 heteroatoms. The van der Waals surface area contributed by atoms with Gasteiger partial charge in [-0.3, -0.25) is 9.69 Å². The van der Waals surface area contributed by atoms with Crippen LogP contribution >= 0.6 is 0 Å². The predicted molar refractivity (Wildman–Crippen MR) is 112 cm³/mol. The number of aryl methyl sites for hydroxylation is 1. The summed E-state index contributed by atoms with van der Waals surface area (Å²) in [4.78, 5) is 13.8. The van der Waals surface area contributed by atoms with E-state index in [0.29, 0.717) is 19.0 Å². The van der Waals surface area contributed by atoms with Crippen LogP contribution in [0.5, 0.6) is 0 Å². The van der Waals surface area contributed by atoms with Crippen LogP contribution in [0.1, 0.15) is 52.4 Å². The Kier molecular flexibility index (Phi) is 7.41. The van der Waals surface area contributed by atoms with Crippen LogP contribution in [-0.4, -0.2) is 34.2 Å². The highest BCUT2D eigenvalue weighted by Gasteiger charge is 2.37. The number of aliphatic carboxylic acids is 1. The third-order valence-corrected chi connectivity index (χ3v) is 5.35. The molecule has 0 spiro atoms. The summed E-state index contributed by atoms with van der Waals surface area (Å²) in [6, 6.07) is 10.1. The van der Waals surface area contributed by atoms with Crippen LogP contribution in [-0.2, 0) is 11.3 Å². The molecule has 0 aliphatic carbocycles. The molecule has 5 nitrogen and oxygen atoms in total. The highest BCUT2D eigenvalue weighted by Crippen LogP contribution is 2.36. The van der Waals surface area contributed by atoms with Gasteiger partial charge in [-0.25, -0.2) is 0 Å². The van der Waals surface area contributed by atoms with Crippen molar-refractivity contribution in [1.82, 2.24) is 10.1 Å². The van der Waals surface area contributed by atoms with Gasteiger partial charge in [-0.2, -0.15) is 0 Å². The first-order valence-corrected chi connectivity index (χ1v) is 10.2. The van der Waals surface area contributed by atoms with Crippen LogP contribution in [0.2, 0.25) is 0 Å². The summed E-state index contributed by atoms with van der Waals surface area (Å²) in [5.74, 6) is 0.0887. The van der Waals surface area contributed by atoms with Gasteiger partial charge in [0.15, 0.2) is 5.76 Å². The minimum Gasteiger partial charge on any atom is -0.481 e. The van der Waals surface area contributed by atoms with Gasteiger partial charge in [0.05, 0.1) is 12.5 Å². The third-order valence-electron chi connectivity index (χ3n) is 5.35. The molecule has 154 valence electrons. The van der Waals surface area contributed by atoms with Crippen molar-refractivity contribution >= 4 is 5.97 Å². The van der Waals surface area contributed by atoms with Crippen molar-refractivity contribution in [3.63, 3.8) is 0 Å². The van der Waals surface area contributed by atoms with E-state index in [9.17, 15) is 9.90 Å². The molecule has 28 heavy (non-hydrogen) atoms. The number of carboxylic acid groups (broad SMARTS) is 1. The number of nitrogens with zero attached hydrogens (tertiary/aromatic N) is 2. The van der Waals surface area contributed by atoms with Crippen molar-refractivity contribution in [3.8, 4) is 11.3 Å². The Bertz CT molecular complexity index is 776. The number of carboxylic acids is 1. The Balaban J connectivity index is 0.00000136. The number of carbonyl (C=O) groups is 1. The summed E-state index contributed by atoms with van der Waals surface area (Å²) in [6.45, 7) is 14.6. The summed E-state index contributed by atoms with van der Waals surface area (Å²) in [5, 5.41) is 13.7. The van der Waals surface area contributed by atoms with E-state index in [1.807, 2.05) is 32.0 Å². The Morgan fingerprint density at radius 1 is 1.25 bits per heavy atom. The molecule has 1 fully saturated rings. The van der Waals surface area contributed by atoms with Crippen molar-refractivity contribution < 1.29 is 14.4 Å². The number of aromatic nitrogens is 1. The van der Waals surface area contributed by atoms with Gasteiger partial charge < -0.3 is 9.63 Å². The van der Waals surface area contributed by atoms with Crippen LogP contribution in [0, 0.1) is 24.2 Å². The van der Waals surface area contributed by atoms with Crippen LogP contribution in [0.4, 0.5) is 0 Å². The average Bonchev–Trinajstić information content (AvgIpc) is 3.11. The maximum absolute atomic E-state index is 11.6. The highest BCUT2D eigenvalue weighted by atomic mass is 16.5. The van der Waals surface area contributed by atoms with Gasteiger partial charge in [-0.1, -0.05) is 63.5 Å². The maximum atomic E-state index is 11.6. The summed E-state index contributed by atoms with van der Waals surface area (Å²) < 4.78 is 5.54. The molecular formula is C23H34N2O3. The zero-order valence-electron chi connectivity index (χ0n) is 18.0. The Hall–Kier alpha value is -2.14. The number of hydrogen-bond donors (Lipinski definition) is 1.